The van der Waals surface area contributed by atoms with Crippen LogP contribution < -0.4 is 11.1 Å². The fourth-order valence-electron chi connectivity index (χ4n) is 2.69. The van der Waals surface area contributed by atoms with Crippen molar-refractivity contribution in [1.82, 2.24) is 15.5 Å². The smallest absolute Gasteiger partial charge is 0.229 e. The minimum absolute atomic E-state index is 0. The molecule has 1 heterocycles. The molecular formula is C16H20BrClN4O2. The Morgan fingerprint density at radius 3 is 2.62 bits per heavy atom. The number of hydrogen-bond donors (Lipinski definition) is 2. The molecule has 2 aromatic rings. The summed E-state index contributed by atoms with van der Waals surface area (Å²) in [5.74, 6) is 0.946. The van der Waals surface area contributed by atoms with E-state index in [1.165, 1.54) is 6.92 Å². The van der Waals surface area contributed by atoms with Gasteiger partial charge in [0.15, 0.2) is 5.82 Å². The monoisotopic (exact) mass is 414 g/mol. The van der Waals surface area contributed by atoms with Gasteiger partial charge in [0.1, 0.15) is 0 Å². The number of carbonyl (C=O) groups excluding carboxylic acids is 1. The van der Waals surface area contributed by atoms with Crippen molar-refractivity contribution in [3.8, 4) is 0 Å². The first-order valence-electron chi connectivity index (χ1n) is 7.61. The standard InChI is InChI=1S/C16H19BrN4O2.ClH/c1-10(22)19-13(11-3-5-12(17)6-4-11)9-14-20-15(21-23-14)16(18)7-2-8-16;/h3-6,13H,2,7-9,18H2,1H3,(H,19,22);1H. The molecule has 24 heavy (non-hydrogen) atoms. The minimum atomic E-state index is -0.442. The largest absolute Gasteiger partial charge is 0.349 e. The van der Waals surface area contributed by atoms with E-state index in [-0.39, 0.29) is 24.4 Å². The Balaban J connectivity index is 0.00000208. The fraction of sp³-hybridized carbons (Fsp3) is 0.438. The zero-order chi connectivity index (χ0) is 16.4. The van der Waals surface area contributed by atoms with E-state index in [2.05, 4.69) is 31.4 Å². The molecule has 3 N–H and O–H groups in total. The maximum Gasteiger partial charge on any atom is 0.229 e. The molecule has 1 amide bonds. The molecule has 1 aliphatic carbocycles. The summed E-state index contributed by atoms with van der Waals surface area (Å²) in [5.41, 5.74) is 6.76. The van der Waals surface area contributed by atoms with Gasteiger partial charge in [0.2, 0.25) is 11.8 Å². The summed E-state index contributed by atoms with van der Waals surface area (Å²) in [6.45, 7) is 1.49. The lowest BCUT2D eigenvalue weighted by Gasteiger charge is -2.34. The first-order chi connectivity index (χ1) is 11.0. The number of nitrogens with one attached hydrogen (secondary N) is 1. The lowest BCUT2D eigenvalue weighted by atomic mass is 9.77. The van der Waals surface area contributed by atoms with E-state index >= 15 is 0 Å². The summed E-state index contributed by atoms with van der Waals surface area (Å²) in [5, 5.41) is 6.95. The van der Waals surface area contributed by atoms with E-state index in [9.17, 15) is 4.79 Å². The maximum absolute atomic E-state index is 11.5. The molecule has 1 fully saturated rings. The van der Waals surface area contributed by atoms with Crippen LogP contribution >= 0.6 is 28.3 Å². The summed E-state index contributed by atoms with van der Waals surface area (Å²) in [4.78, 5) is 15.9. The number of rotatable bonds is 5. The van der Waals surface area contributed by atoms with Crippen molar-refractivity contribution in [3.05, 3.63) is 46.0 Å². The molecule has 1 aliphatic rings. The highest BCUT2D eigenvalue weighted by molar-refractivity contribution is 9.10. The van der Waals surface area contributed by atoms with Crippen molar-refractivity contribution >= 4 is 34.2 Å². The van der Waals surface area contributed by atoms with Crippen molar-refractivity contribution in [2.24, 2.45) is 5.73 Å². The maximum atomic E-state index is 11.5. The van der Waals surface area contributed by atoms with Gasteiger partial charge in [0, 0.05) is 11.4 Å². The van der Waals surface area contributed by atoms with Gasteiger partial charge in [-0.1, -0.05) is 33.2 Å². The van der Waals surface area contributed by atoms with E-state index in [1.54, 1.807) is 0 Å². The second-order valence-corrected chi connectivity index (χ2v) is 6.95. The minimum Gasteiger partial charge on any atom is -0.349 e. The molecule has 1 aromatic heterocycles. The second kappa shape index (κ2) is 7.63. The normalized spacial score (nSPS) is 16.6. The third-order valence-electron chi connectivity index (χ3n) is 4.19. The highest BCUT2D eigenvalue weighted by Crippen LogP contribution is 2.37. The Kier molecular flexibility index (Phi) is 6.01. The molecule has 1 atom stereocenters. The topological polar surface area (TPSA) is 94.0 Å². The first kappa shape index (κ1) is 18.9. The highest BCUT2D eigenvalue weighted by atomic mass is 79.9. The van der Waals surface area contributed by atoms with Crippen LogP contribution in [0.15, 0.2) is 33.3 Å². The van der Waals surface area contributed by atoms with Gasteiger partial charge in [0.25, 0.3) is 0 Å². The summed E-state index contributed by atoms with van der Waals surface area (Å²) in [6.07, 6.45) is 3.29. The highest BCUT2D eigenvalue weighted by Gasteiger charge is 2.39. The summed E-state index contributed by atoms with van der Waals surface area (Å²) in [6, 6.07) is 7.57. The number of nitrogens with zero attached hydrogens (tertiary/aromatic N) is 2. The van der Waals surface area contributed by atoms with Crippen LogP contribution in [0.25, 0.3) is 0 Å². The Hall–Kier alpha value is -1.44. The van der Waals surface area contributed by atoms with Crippen LogP contribution in [0.3, 0.4) is 0 Å². The SMILES string of the molecule is CC(=O)NC(Cc1nc(C2(N)CCC2)no1)c1ccc(Br)cc1.Cl. The summed E-state index contributed by atoms with van der Waals surface area (Å²) < 4.78 is 6.33. The number of hydrogen-bond acceptors (Lipinski definition) is 5. The number of nitrogens with two attached hydrogens (primary N) is 1. The number of aromatic nitrogens is 2. The zero-order valence-corrected chi connectivity index (χ0v) is 15.7. The molecule has 8 heteroatoms. The molecule has 0 radical (unpaired) electrons. The first-order valence-corrected chi connectivity index (χ1v) is 8.40. The van der Waals surface area contributed by atoms with Crippen molar-refractivity contribution in [1.29, 1.82) is 0 Å². The van der Waals surface area contributed by atoms with Gasteiger partial charge in [-0.2, -0.15) is 4.98 Å². The molecule has 6 nitrogen and oxygen atoms in total. The van der Waals surface area contributed by atoms with Gasteiger partial charge in [-0.25, -0.2) is 0 Å². The number of amides is 1. The molecule has 0 aliphatic heterocycles. The Labute approximate surface area is 155 Å². The van der Waals surface area contributed by atoms with E-state index in [1.807, 2.05) is 24.3 Å². The van der Waals surface area contributed by atoms with E-state index in [0.29, 0.717) is 18.1 Å². The number of benzene rings is 1. The third-order valence-corrected chi connectivity index (χ3v) is 4.72. The lowest BCUT2D eigenvalue weighted by Crippen LogP contribution is -2.44. The van der Waals surface area contributed by atoms with Crippen molar-refractivity contribution in [2.75, 3.05) is 0 Å². The predicted octanol–water partition coefficient (Wildman–Crippen LogP) is 3.01. The Morgan fingerprint density at radius 1 is 1.42 bits per heavy atom. The molecule has 0 spiro atoms. The summed E-state index contributed by atoms with van der Waals surface area (Å²) in [7, 11) is 0. The van der Waals surface area contributed by atoms with Gasteiger partial charge >= 0.3 is 0 Å². The molecule has 1 saturated carbocycles. The predicted molar refractivity (Wildman–Crippen MR) is 95.7 cm³/mol. The fourth-order valence-corrected chi connectivity index (χ4v) is 2.95. The van der Waals surface area contributed by atoms with Crippen LogP contribution in [-0.4, -0.2) is 16.0 Å². The molecule has 1 aromatic carbocycles. The van der Waals surface area contributed by atoms with E-state index in [0.717, 1.165) is 29.3 Å². The van der Waals surface area contributed by atoms with Crippen molar-refractivity contribution < 1.29 is 9.32 Å². The van der Waals surface area contributed by atoms with Gasteiger partial charge in [-0.05, 0) is 37.0 Å². The molecule has 1 unspecified atom stereocenters. The van der Waals surface area contributed by atoms with Gasteiger partial charge in [-0.3, -0.25) is 4.79 Å². The lowest BCUT2D eigenvalue weighted by molar-refractivity contribution is -0.119. The van der Waals surface area contributed by atoms with Crippen LogP contribution in [0.1, 0.15) is 49.5 Å². The number of halogens is 2. The van der Waals surface area contributed by atoms with Gasteiger partial charge in [0.05, 0.1) is 18.0 Å². The van der Waals surface area contributed by atoms with Crippen molar-refractivity contribution in [3.63, 3.8) is 0 Å². The molecule has 130 valence electrons. The molecular weight excluding hydrogens is 396 g/mol. The molecule has 0 bridgehead atoms. The average Bonchev–Trinajstić information content (AvgIpc) is 2.93. The molecule has 0 saturated heterocycles. The van der Waals surface area contributed by atoms with Crippen LogP contribution in [0.2, 0.25) is 0 Å². The van der Waals surface area contributed by atoms with Gasteiger partial charge in [-0.15, -0.1) is 12.4 Å². The Morgan fingerprint density at radius 2 is 2.08 bits per heavy atom. The average molecular weight is 416 g/mol. The van der Waals surface area contributed by atoms with Gasteiger partial charge < -0.3 is 15.6 Å². The van der Waals surface area contributed by atoms with Crippen LogP contribution in [0.4, 0.5) is 0 Å². The second-order valence-electron chi connectivity index (χ2n) is 6.03. The summed E-state index contributed by atoms with van der Waals surface area (Å²) >= 11 is 3.41. The quantitative estimate of drug-likeness (QED) is 0.783. The van der Waals surface area contributed by atoms with Crippen molar-refractivity contribution in [2.45, 2.75) is 44.2 Å². The zero-order valence-electron chi connectivity index (χ0n) is 13.3. The van der Waals surface area contributed by atoms with Crippen LogP contribution in [0.5, 0.6) is 0 Å². The van der Waals surface area contributed by atoms with Crippen LogP contribution in [0, 0.1) is 0 Å². The number of carbonyl (C=O) groups is 1. The third kappa shape index (κ3) is 4.15. The van der Waals surface area contributed by atoms with Crippen LogP contribution in [-0.2, 0) is 16.8 Å². The van der Waals surface area contributed by atoms with E-state index < -0.39 is 5.54 Å². The Bertz CT molecular complexity index is 700. The van der Waals surface area contributed by atoms with E-state index in [4.69, 9.17) is 10.3 Å². The molecule has 3 rings (SSSR count).